The molecule has 52 heavy (non-hydrogen) atoms. The summed E-state index contributed by atoms with van der Waals surface area (Å²) >= 11 is 0. The van der Waals surface area contributed by atoms with Gasteiger partial charge in [0.1, 0.15) is 12.4 Å². The van der Waals surface area contributed by atoms with Crippen LogP contribution in [0, 0.1) is 0 Å². The van der Waals surface area contributed by atoms with Crippen LogP contribution in [0.4, 0.5) is 4.79 Å². The lowest BCUT2D eigenvalue weighted by Gasteiger charge is -2.28. The highest BCUT2D eigenvalue weighted by atomic mass is 16.8. The van der Waals surface area contributed by atoms with E-state index in [1.807, 2.05) is 60.7 Å². The van der Waals surface area contributed by atoms with Gasteiger partial charge in [0.15, 0.2) is 5.78 Å². The summed E-state index contributed by atoms with van der Waals surface area (Å²) in [5.74, 6) is -3.80. The molecule has 0 radical (unpaired) electrons. The predicted octanol–water partition coefficient (Wildman–Crippen LogP) is 4.94. The van der Waals surface area contributed by atoms with Gasteiger partial charge in [0.2, 0.25) is 19.5 Å². The summed E-state index contributed by atoms with van der Waals surface area (Å²) in [4.78, 5) is 78.3. The van der Waals surface area contributed by atoms with Crippen molar-refractivity contribution >= 4 is 46.7 Å². The maximum Gasteiger partial charge on any atom is 0.518 e. The van der Waals surface area contributed by atoms with Crippen LogP contribution in [-0.2, 0) is 57.7 Å². The molecular weight excluding hydrogens is 680 g/mol. The third-order valence-electron chi connectivity index (χ3n) is 7.61. The smallest absolute Gasteiger partial charge is 0.487 e. The number of rotatable bonds is 18. The number of aromatic amines is 1. The molecule has 0 aliphatic carbocycles. The van der Waals surface area contributed by atoms with Crippen LogP contribution in [0.25, 0.3) is 10.9 Å². The van der Waals surface area contributed by atoms with Gasteiger partial charge in [-0.25, -0.2) is 4.79 Å². The molecular formula is C37H38N2O13. The SMILES string of the molecule is CC(=O)OCOC(=O)CC(C)N(CC(=O)c1ccc(OCc2ccccc2)c2[nH]c(OC(=O)OCOC(C)=O)c(CC(=O)O)c12)Cc1ccccc1. The summed E-state index contributed by atoms with van der Waals surface area (Å²) in [5, 5.41) is 10.0. The molecule has 0 saturated carbocycles. The Bertz CT molecular complexity index is 1890. The highest BCUT2D eigenvalue weighted by Crippen LogP contribution is 2.38. The fourth-order valence-corrected chi connectivity index (χ4v) is 5.15. The summed E-state index contributed by atoms with van der Waals surface area (Å²) in [7, 11) is 0. The zero-order chi connectivity index (χ0) is 37.6. The number of carboxylic acid groups (broad SMARTS) is 1. The number of fused-ring (bicyclic) bond motifs is 1. The molecule has 0 bridgehead atoms. The molecule has 274 valence electrons. The average molecular weight is 719 g/mol. The van der Waals surface area contributed by atoms with Crippen LogP contribution in [0.3, 0.4) is 0 Å². The van der Waals surface area contributed by atoms with Crippen molar-refractivity contribution < 1.29 is 62.3 Å². The molecule has 1 aromatic heterocycles. The first-order valence-corrected chi connectivity index (χ1v) is 16.1. The summed E-state index contributed by atoms with van der Waals surface area (Å²) in [6.07, 6.45) is -2.12. The van der Waals surface area contributed by atoms with Gasteiger partial charge in [-0.1, -0.05) is 60.7 Å². The van der Waals surface area contributed by atoms with E-state index in [9.17, 15) is 33.9 Å². The zero-order valence-corrected chi connectivity index (χ0v) is 28.7. The van der Waals surface area contributed by atoms with Gasteiger partial charge in [0, 0.05) is 42.9 Å². The average Bonchev–Trinajstić information content (AvgIpc) is 3.44. The predicted molar refractivity (Wildman–Crippen MR) is 182 cm³/mol. The Morgan fingerprint density at radius 1 is 0.788 bits per heavy atom. The highest BCUT2D eigenvalue weighted by Gasteiger charge is 2.28. The van der Waals surface area contributed by atoms with Gasteiger partial charge in [-0.05, 0) is 30.2 Å². The number of hydrogen-bond donors (Lipinski definition) is 2. The summed E-state index contributed by atoms with van der Waals surface area (Å²) < 4.78 is 30.5. The third kappa shape index (κ3) is 11.4. The second-order valence-corrected chi connectivity index (χ2v) is 11.5. The van der Waals surface area contributed by atoms with Gasteiger partial charge in [-0.15, -0.1) is 0 Å². The number of aliphatic carboxylic acids is 1. The molecule has 2 N–H and O–H groups in total. The standard InChI is InChI=1S/C37H38N2O13/c1-23(16-33(45)50-21-48-24(2)40)39(18-26-10-6-4-7-11-26)19-30(42)28-14-15-31(47-20-27-12-8-5-9-13-27)35-34(28)29(17-32(43)44)36(38-35)52-37(46)51-22-49-25(3)41/h4-15,23,38H,16-22H2,1-3H3,(H,43,44). The summed E-state index contributed by atoms with van der Waals surface area (Å²) in [6, 6.07) is 20.9. The van der Waals surface area contributed by atoms with E-state index in [-0.39, 0.29) is 59.8 Å². The Morgan fingerprint density at radius 2 is 1.40 bits per heavy atom. The number of esters is 3. The Balaban J connectivity index is 1.72. The summed E-state index contributed by atoms with van der Waals surface area (Å²) in [5.41, 5.74) is 1.90. The first-order valence-electron chi connectivity index (χ1n) is 16.1. The molecule has 4 rings (SSSR count). The van der Waals surface area contributed by atoms with Crippen molar-refractivity contribution in [3.8, 4) is 11.6 Å². The van der Waals surface area contributed by atoms with E-state index in [2.05, 4.69) is 9.72 Å². The molecule has 1 unspecified atom stereocenters. The second-order valence-electron chi connectivity index (χ2n) is 11.5. The van der Waals surface area contributed by atoms with Crippen molar-refractivity contribution in [3.63, 3.8) is 0 Å². The number of carbonyl (C=O) groups excluding carboxylic acids is 5. The molecule has 0 saturated heterocycles. The number of carbonyl (C=O) groups is 6. The molecule has 1 atom stereocenters. The molecule has 0 aliphatic heterocycles. The van der Waals surface area contributed by atoms with Gasteiger partial charge in [0.25, 0.3) is 0 Å². The van der Waals surface area contributed by atoms with Gasteiger partial charge >= 0.3 is 30.0 Å². The van der Waals surface area contributed by atoms with Crippen molar-refractivity contribution in [2.45, 2.75) is 52.8 Å². The topological polar surface area (TPSA) is 197 Å². The fraction of sp³-hybridized carbons (Fsp3) is 0.297. The highest BCUT2D eigenvalue weighted by molar-refractivity contribution is 6.12. The van der Waals surface area contributed by atoms with Crippen molar-refractivity contribution in [3.05, 3.63) is 95.1 Å². The second kappa shape index (κ2) is 18.7. The van der Waals surface area contributed by atoms with Crippen molar-refractivity contribution in [2.24, 2.45) is 0 Å². The van der Waals surface area contributed by atoms with Crippen molar-refractivity contribution in [1.82, 2.24) is 9.88 Å². The monoisotopic (exact) mass is 718 g/mol. The lowest BCUT2D eigenvalue weighted by atomic mass is 9.99. The third-order valence-corrected chi connectivity index (χ3v) is 7.61. The van der Waals surface area contributed by atoms with Gasteiger partial charge in [-0.3, -0.25) is 28.9 Å². The number of Topliss-reactive ketones (excluding diaryl/α,β-unsaturated/α-hetero) is 1. The number of nitrogens with zero attached hydrogens (tertiary/aromatic N) is 1. The molecule has 3 aromatic carbocycles. The van der Waals surface area contributed by atoms with Gasteiger partial charge in [0.05, 0.1) is 24.9 Å². The van der Waals surface area contributed by atoms with Crippen LogP contribution in [0.5, 0.6) is 11.6 Å². The number of ketones is 1. The van der Waals surface area contributed by atoms with E-state index in [1.165, 1.54) is 13.0 Å². The Hall–Kier alpha value is -6.22. The first kappa shape index (κ1) is 38.6. The van der Waals surface area contributed by atoms with Crippen LogP contribution >= 0.6 is 0 Å². The number of benzene rings is 3. The Labute approximate surface area is 298 Å². The Morgan fingerprint density at radius 3 is 2.02 bits per heavy atom. The minimum Gasteiger partial charge on any atom is -0.487 e. The number of carboxylic acids is 1. The minimum atomic E-state index is -1.30. The van der Waals surface area contributed by atoms with Crippen LogP contribution in [0.1, 0.15) is 54.2 Å². The minimum absolute atomic E-state index is 0.0443. The lowest BCUT2D eigenvalue weighted by Crippen LogP contribution is -2.38. The number of H-pyrrole nitrogens is 1. The van der Waals surface area contributed by atoms with Gasteiger partial charge < -0.3 is 38.5 Å². The number of hydrogen-bond acceptors (Lipinski definition) is 13. The maximum absolute atomic E-state index is 14.3. The van der Waals surface area contributed by atoms with Crippen molar-refractivity contribution in [2.75, 3.05) is 20.1 Å². The quantitative estimate of drug-likeness (QED) is 0.0797. The van der Waals surface area contributed by atoms with Crippen LogP contribution in [0.2, 0.25) is 0 Å². The normalized spacial score (nSPS) is 11.4. The first-order chi connectivity index (χ1) is 24.9. The molecule has 4 aromatic rings. The summed E-state index contributed by atoms with van der Waals surface area (Å²) in [6.45, 7) is 2.88. The molecule has 0 aliphatic rings. The van der Waals surface area contributed by atoms with E-state index < -0.39 is 61.9 Å². The molecule has 15 nitrogen and oxygen atoms in total. The fourth-order valence-electron chi connectivity index (χ4n) is 5.15. The molecule has 15 heteroatoms. The van der Waals surface area contributed by atoms with Crippen molar-refractivity contribution in [1.29, 1.82) is 0 Å². The van der Waals surface area contributed by atoms with Crippen LogP contribution in [0.15, 0.2) is 72.8 Å². The molecule has 0 amide bonds. The number of aromatic nitrogens is 1. The zero-order valence-electron chi connectivity index (χ0n) is 28.7. The van der Waals surface area contributed by atoms with E-state index in [0.717, 1.165) is 18.1 Å². The van der Waals surface area contributed by atoms with Crippen LogP contribution < -0.4 is 9.47 Å². The Kier molecular flexibility index (Phi) is 13.9. The molecule has 0 fully saturated rings. The van der Waals surface area contributed by atoms with E-state index in [0.29, 0.717) is 0 Å². The van der Waals surface area contributed by atoms with Crippen LogP contribution in [-0.4, -0.2) is 77.0 Å². The lowest BCUT2D eigenvalue weighted by molar-refractivity contribution is -0.166. The number of nitrogens with one attached hydrogen (secondary N) is 1. The van der Waals surface area contributed by atoms with Gasteiger partial charge in [-0.2, -0.15) is 0 Å². The van der Waals surface area contributed by atoms with E-state index in [4.69, 9.17) is 23.7 Å². The largest absolute Gasteiger partial charge is 0.518 e. The maximum atomic E-state index is 14.3. The number of ether oxygens (including phenoxy) is 6. The van der Waals surface area contributed by atoms with E-state index >= 15 is 0 Å². The van der Waals surface area contributed by atoms with E-state index in [1.54, 1.807) is 17.9 Å². The molecule has 0 spiro atoms. The molecule has 1 heterocycles.